The van der Waals surface area contributed by atoms with Gasteiger partial charge in [-0.2, -0.15) is 0 Å². The number of carbonyl (C=O) groups is 1. The molecule has 0 bridgehead atoms. The predicted molar refractivity (Wildman–Crippen MR) is 111 cm³/mol. The van der Waals surface area contributed by atoms with Crippen LogP contribution in [-0.2, 0) is 4.79 Å². The molecule has 0 saturated carbocycles. The first-order valence-electron chi connectivity index (χ1n) is 9.70. The van der Waals surface area contributed by atoms with Crippen LogP contribution in [0.2, 0.25) is 0 Å². The monoisotopic (exact) mass is 376 g/mol. The number of nitrogens with zero attached hydrogens (tertiary/aromatic N) is 2. The standard InChI is InChI=1S/C20H32N4OS/c1-3-21-20(23-14-16-26-18-10-5-4-6-11-18)22-13-12-19(25)24-15-8-7-9-17(24)2/h4-6,10-11,17H,3,7-9,12-16H2,1-2H3,(H2,21,22,23). The van der Waals surface area contributed by atoms with Gasteiger partial charge in [-0.25, -0.2) is 0 Å². The van der Waals surface area contributed by atoms with Crippen LogP contribution in [0.5, 0.6) is 0 Å². The maximum absolute atomic E-state index is 12.4. The average Bonchev–Trinajstić information content (AvgIpc) is 2.66. The highest BCUT2D eigenvalue weighted by Crippen LogP contribution is 2.17. The molecular weight excluding hydrogens is 344 g/mol. The van der Waals surface area contributed by atoms with Gasteiger partial charge >= 0.3 is 0 Å². The van der Waals surface area contributed by atoms with Crippen molar-refractivity contribution in [1.82, 2.24) is 15.5 Å². The van der Waals surface area contributed by atoms with E-state index in [9.17, 15) is 4.79 Å². The summed E-state index contributed by atoms with van der Waals surface area (Å²) in [4.78, 5) is 20.2. The molecule has 6 heteroatoms. The average molecular weight is 377 g/mol. The number of piperidine rings is 1. The Morgan fingerprint density at radius 2 is 2.08 bits per heavy atom. The van der Waals surface area contributed by atoms with Gasteiger partial charge in [0.15, 0.2) is 5.96 Å². The van der Waals surface area contributed by atoms with Gasteiger partial charge in [0.05, 0.1) is 6.54 Å². The molecule has 1 aromatic carbocycles. The first-order valence-corrected chi connectivity index (χ1v) is 10.7. The summed E-state index contributed by atoms with van der Waals surface area (Å²) in [5.74, 6) is 2.00. The van der Waals surface area contributed by atoms with Crippen molar-refractivity contribution in [2.75, 3.05) is 31.9 Å². The molecule has 1 heterocycles. The molecule has 1 unspecified atom stereocenters. The third kappa shape index (κ3) is 7.28. The van der Waals surface area contributed by atoms with E-state index in [4.69, 9.17) is 0 Å². The molecule has 0 aromatic heterocycles. The van der Waals surface area contributed by atoms with Gasteiger partial charge in [0.2, 0.25) is 5.91 Å². The maximum Gasteiger partial charge on any atom is 0.224 e. The lowest BCUT2D eigenvalue weighted by molar-refractivity contribution is -0.134. The quantitative estimate of drug-likeness (QED) is 0.317. The molecule has 1 aliphatic rings. The summed E-state index contributed by atoms with van der Waals surface area (Å²) in [6.07, 6.45) is 3.97. The van der Waals surface area contributed by atoms with Gasteiger partial charge in [0.1, 0.15) is 0 Å². The second kappa shape index (κ2) is 11.8. The van der Waals surface area contributed by atoms with Crippen LogP contribution in [0.3, 0.4) is 0 Å². The van der Waals surface area contributed by atoms with Crippen molar-refractivity contribution in [2.24, 2.45) is 4.99 Å². The Bertz CT molecular complexity index is 564. The minimum Gasteiger partial charge on any atom is -0.357 e. The molecule has 1 amide bonds. The topological polar surface area (TPSA) is 56.7 Å². The molecule has 0 radical (unpaired) electrons. The number of benzene rings is 1. The van der Waals surface area contributed by atoms with Crippen LogP contribution in [0, 0.1) is 0 Å². The third-order valence-corrected chi connectivity index (χ3v) is 5.48. The molecule has 144 valence electrons. The van der Waals surface area contributed by atoms with Crippen molar-refractivity contribution >= 4 is 23.6 Å². The van der Waals surface area contributed by atoms with Gasteiger partial charge < -0.3 is 15.5 Å². The van der Waals surface area contributed by atoms with Gasteiger partial charge in [0.25, 0.3) is 0 Å². The smallest absolute Gasteiger partial charge is 0.224 e. The molecule has 2 N–H and O–H groups in total. The minimum absolute atomic E-state index is 0.233. The number of guanidine groups is 1. The van der Waals surface area contributed by atoms with Crippen molar-refractivity contribution in [2.45, 2.75) is 50.5 Å². The molecular formula is C20H32N4OS. The Hall–Kier alpha value is -1.69. The summed E-state index contributed by atoms with van der Waals surface area (Å²) in [6, 6.07) is 10.8. The lowest BCUT2D eigenvalue weighted by Crippen LogP contribution is -2.42. The first-order chi connectivity index (χ1) is 12.7. The van der Waals surface area contributed by atoms with Crippen molar-refractivity contribution in [3.8, 4) is 0 Å². The summed E-state index contributed by atoms with van der Waals surface area (Å²) in [7, 11) is 0. The molecule has 1 atom stereocenters. The SMILES string of the molecule is CCNC(=NCCC(=O)N1CCCCC1C)NCCSc1ccccc1. The number of nitrogens with one attached hydrogen (secondary N) is 2. The van der Waals surface area contributed by atoms with Crippen molar-refractivity contribution < 1.29 is 4.79 Å². The van der Waals surface area contributed by atoms with Crippen LogP contribution in [0.15, 0.2) is 40.2 Å². The summed E-state index contributed by atoms with van der Waals surface area (Å²) >= 11 is 1.82. The van der Waals surface area contributed by atoms with E-state index in [1.807, 2.05) is 22.7 Å². The third-order valence-electron chi connectivity index (χ3n) is 4.47. The van der Waals surface area contributed by atoms with Crippen LogP contribution in [0.4, 0.5) is 0 Å². The fourth-order valence-corrected chi connectivity index (χ4v) is 3.86. The molecule has 0 spiro atoms. The first kappa shape index (κ1) is 20.6. The molecule has 1 aromatic rings. The van der Waals surface area contributed by atoms with Crippen LogP contribution >= 0.6 is 11.8 Å². The summed E-state index contributed by atoms with van der Waals surface area (Å²) in [6.45, 7) is 7.28. The van der Waals surface area contributed by atoms with Crippen LogP contribution in [0.1, 0.15) is 39.5 Å². The van der Waals surface area contributed by atoms with Gasteiger partial charge in [-0.05, 0) is 45.2 Å². The molecule has 1 fully saturated rings. The lowest BCUT2D eigenvalue weighted by Gasteiger charge is -2.33. The van der Waals surface area contributed by atoms with Gasteiger partial charge in [-0.3, -0.25) is 9.79 Å². The number of aliphatic imine (C=N–C) groups is 1. The zero-order valence-electron chi connectivity index (χ0n) is 16.0. The number of thioether (sulfide) groups is 1. The van der Waals surface area contributed by atoms with Crippen molar-refractivity contribution in [3.63, 3.8) is 0 Å². The van der Waals surface area contributed by atoms with Crippen LogP contribution < -0.4 is 10.6 Å². The second-order valence-corrected chi connectivity index (χ2v) is 7.70. The van der Waals surface area contributed by atoms with Crippen LogP contribution in [0.25, 0.3) is 0 Å². The van der Waals surface area contributed by atoms with E-state index < -0.39 is 0 Å². The molecule has 2 rings (SSSR count). The van der Waals surface area contributed by atoms with E-state index in [-0.39, 0.29) is 5.91 Å². The van der Waals surface area contributed by atoms with E-state index in [0.29, 0.717) is 19.0 Å². The fraction of sp³-hybridized carbons (Fsp3) is 0.600. The number of amides is 1. The van der Waals surface area contributed by atoms with Crippen molar-refractivity contribution in [1.29, 1.82) is 0 Å². The number of rotatable bonds is 8. The van der Waals surface area contributed by atoms with E-state index >= 15 is 0 Å². The summed E-state index contributed by atoms with van der Waals surface area (Å²) < 4.78 is 0. The molecule has 26 heavy (non-hydrogen) atoms. The Morgan fingerprint density at radius 3 is 2.81 bits per heavy atom. The second-order valence-electron chi connectivity index (χ2n) is 6.53. The molecule has 1 aliphatic heterocycles. The van der Waals surface area contributed by atoms with Crippen molar-refractivity contribution in [3.05, 3.63) is 30.3 Å². The number of carbonyl (C=O) groups excluding carboxylic acids is 1. The normalized spacial score (nSPS) is 17.8. The van der Waals surface area contributed by atoms with E-state index in [1.165, 1.54) is 11.3 Å². The van der Waals surface area contributed by atoms with Gasteiger partial charge in [-0.15, -0.1) is 11.8 Å². The zero-order chi connectivity index (χ0) is 18.6. The highest BCUT2D eigenvalue weighted by atomic mass is 32.2. The molecule has 0 aliphatic carbocycles. The summed E-state index contributed by atoms with van der Waals surface area (Å²) in [5.41, 5.74) is 0. The fourth-order valence-electron chi connectivity index (χ4n) is 3.07. The van der Waals surface area contributed by atoms with Crippen LogP contribution in [-0.4, -0.2) is 54.7 Å². The Morgan fingerprint density at radius 1 is 1.27 bits per heavy atom. The van der Waals surface area contributed by atoms with Gasteiger partial charge in [0, 0.05) is 42.7 Å². The predicted octanol–water partition coefficient (Wildman–Crippen LogP) is 3.12. The Kier molecular flexibility index (Phi) is 9.39. The molecule has 5 nitrogen and oxygen atoms in total. The van der Waals surface area contributed by atoms with E-state index in [2.05, 4.69) is 53.7 Å². The largest absolute Gasteiger partial charge is 0.357 e. The highest BCUT2D eigenvalue weighted by molar-refractivity contribution is 7.99. The number of hydrogen-bond donors (Lipinski definition) is 2. The lowest BCUT2D eigenvalue weighted by atomic mass is 10.0. The molecule has 1 saturated heterocycles. The van der Waals surface area contributed by atoms with Gasteiger partial charge in [-0.1, -0.05) is 18.2 Å². The maximum atomic E-state index is 12.4. The highest BCUT2D eigenvalue weighted by Gasteiger charge is 2.22. The minimum atomic E-state index is 0.233. The number of hydrogen-bond acceptors (Lipinski definition) is 3. The zero-order valence-corrected chi connectivity index (χ0v) is 16.9. The summed E-state index contributed by atoms with van der Waals surface area (Å²) in [5, 5.41) is 6.59. The number of likely N-dealkylation sites (tertiary alicyclic amines) is 1. The Balaban J connectivity index is 1.70. The Labute approximate surface area is 162 Å². The van der Waals surface area contributed by atoms with E-state index in [1.54, 1.807) is 0 Å². The van der Waals surface area contributed by atoms with E-state index in [0.717, 1.165) is 44.2 Å².